The molecule has 1 aliphatic rings. The molecule has 1 aromatic carbocycles. The van der Waals surface area contributed by atoms with Gasteiger partial charge in [-0.15, -0.1) is 0 Å². The monoisotopic (exact) mass is 344 g/mol. The van der Waals surface area contributed by atoms with E-state index in [2.05, 4.69) is 27.2 Å². The number of hydrogen-bond acceptors (Lipinski definition) is 6. The Hall–Kier alpha value is -2.54. The molecule has 0 radical (unpaired) electrons. The number of oxime groups is 1. The molecule has 2 heterocycles. The Kier molecular flexibility index (Phi) is 5.55. The molecule has 3 rings (SSSR count). The number of nitrogens with zero attached hydrogens (tertiary/aromatic N) is 4. The number of imidazole rings is 1. The molecule has 7 nitrogen and oxygen atoms in total. The van der Waals surface area contributed by atoms with Gasteiger partial charge in [-0.2, -0.15) is 0 Å². The van der Waals surface area contributed by atoms with Gasteiger partial charge in [-0.1, -0.05) is 5.16 Å². The maximum absolute atomic E-state index is 8.65. The minimum atomic E-state index is 0.670. The molecule has 7 heteroatoms. The van der Waals surface area contributed by atoms with Crippen LogP contribution in [0.3, 0.4) is 0 Å². The number of aryl methyl sites for hydroxylation is 1. The maximum Gasteiger partial charge on any atom is 0.161 e. The lowest BCUT2D eigenvalue weighted by Gasteiger charge is -2.29. The Bertz CT molecular complexity index is 742. The van der Waals surface area contributed by atoms with Crippen molar-refractivity contribution in [2.75, 3.05) is 27.3 Å². The van der Waals surface area contributed by atoms with Crippen LogP contribution >= 0.6 is 0 Å². The van der Waals surface area contributed by atoms with E-state index in [1.165, 1.54) is 17.3 Å². The highest BCUT2D eigenvalue weighted by Gasteiger charge is 2.19. The number of benzene rings is 1. The van der Waals surface area contributed by atoms with Crippen molar-refractivity contribution >= 4 is 6.21 Å². The number of hydrogen-bond donors (Lipinski definition) is 1. The number of methoxy groups -OCH3 is 2. The van der Waals surface area contributed by atoms with Crippen LogP contribution in [0.15, 0.2) is 29.7 Å². The van der Waals surface area contributed by atoms with Gasteiger partial charge in [0.15, 0.2) is 17.3 Å². The van der Waals surface area contributed by atoms with Crippen molar-refractivity contribution in [2.24, 2.45) is 5.16 Å². The van der Waals surface area contributed by atoms with E-state index >= 15 is 0 Å². The van der Waals surface area contributed by atoms with Gasteiger partial charge < -0.3 is 19.2 Å². The van der Waals surface area contributed by atoms with Gasteiger partial charge in [0.05, 0.1) is 14.2 Å². The van der Waals surface area contributed by atoms with Gasteiger partial charge in [0.1, 0.15) is 6.21 Å². The van der Waals surface area contributed by atoms with E-state index in [1.807, 2.05) is 10.8 Å². The van der Waals surface area contributed by atoms with Crippen LogP contribution in [0.2, 0.25) is 0 Å². The third-order valence-corrected chi connectivity index (χ3v) is 4.59. The number of aromatic nitrogens is 2. The lowest BCUT2D eigenvalue weighted by Crippen LogP contribution is -2.32. The molecular formula is C18H24N4O3. The first-order valence-electron chi connectivity index (χ1n) is 8.40. The first-order valence-corrected chi connectivity index (χ1v) is 8.40. The Labute approximate surface area is 147 Å². The molecule has 0 aliphatic carbocycles. The molecule has 0 saturated heterocycles. The summed E-state index contributed by atoms with van der Waals surface area (Å²) in [6, 6.07) is 4.18. The van der Waals surface area contributed by atoms with Crippen LogP contribution in [0.5, 0.6) is 11.5 Å². The number of rotatable bonds is 7. The average molecular weight is 344 g/mol. The van der Waals surface area contributed by atoms with Crippen molar-refractivity contribution in [1.82, 2.24) is 14.5 Å². The second-order valence-corrected chi connectivity index (χ2v) is 6.08. The van der Waals surface area contributed by atoms with E-state index in [-0.39, 0.29) is 0 Å². The Balaban J connectivity index is 1.58. The summed E-state index contributed by atoms with van der Waals surface area (Å²) < 4.78 is 12.8. The second kappa shape index (κ2) is 8.02. The van der Waals surface area contributed by atoms with Crippen molar-refractivity contribution < 1.29 is 14.7 Å². The molecule has 0 atom stereocenters. The van der Waals surface area contributed by atoms with Crippen LogP contribution in [0, 0.1) is 0 Å². The Morgan fingerprint density at radius 2 is 1.96 bits per heavy atom. The summed E-state index contributed by atoms with van der Waals surface area (Å²) in [5, 5.41) is 11.7. The molecule has 0 unspecified atom stereocenters. The molecule has 1 aliphatic heterocycles. The van der Waals surface area contributed by atoms with Crippen LogP contribution in [0.1, 0.15) is 23.4 Å². The predicted octanol–water partition coefficient (Wildman–Crippen LogP) is 2.16. The van der Waals surface area contributed by atoms with Crippen molar-refractivity contribution in [1.29, 1.82) is 0 Å². The van der Waals surface area contributed by atoms with E-state index in [1.54, 1.807) is 20.4 Å². The molecule has 1 aromatic heterocycles. The topological polar surface area (TPSA) is 72.1 Å². The largest absolute Gasteiger partial charge is 0.493 e. The van der Waals surface area contributed by atoms with Crippen LogP contribution in [0.4, 0.5) is 0 Å². The zero-order valence-corrected chi connectivity index (χ0v) is 14.7. The second-order valence-electron chi connectivity index (χ2n) is 6.08. The van der Waals surface area contributed by atoms with Gasteiger partial charge in [0.2, 0.25) is 0 Å². The summed E-state index contributed by atoms with van der Waals surface area (Å²) >= 11 is 0. The minimum Gasteiger partial charge on any atom is -0.493 e. The van der Waals surface area contributed by atoms with Gasteiger partial charge in [-0.3, -0.25) is 4.90 Å². The molecule has 1 N–H and O–H groups in total. The highest BCUT2D eigenvalue weighted by molar-refractivity contribution is 5.74. The fourth-order valence-corrected chi connectivity index (χ4v) is 3.29. The molecule has 2 aromatic rings. The van der Waals surface area contributed by atoms with Gasteiger partial charge in [0, 0.05) is 38.6 Å². The van der Waals surface area contributed by atoms with Crippen LogP contribution in [-0.2, 0) is 19.5 Å². The van der Waals surface area contributed by atoms with Gasteiger partial charge in [0.25, 0.3) is 0 Å². The molecule has 134 valence electrons. The Morgan fingerprint density at radius 3 is 2.68 bits per heavy atom. The average Bonchev–Trinajstić information content (AvgIpc) is 3.08. The fraction of sp³-hybridized carbons (Fsp3) is 0.444. The summed E-state index contributed by atoms with van der Waals surface area (Å²) in [6.45, 7) is 3.81. The molecule has 0 spiro atoms. The lowest BCUT2D eigenvalue weighted by molar-refractivity contribution is 0.245. The van der Waals surface area contributed by atoms with Gasteiger partial charge in [-0.25, -0.2) is 4.98 Å². The molecule has 0 saturated carbocycles. The van der Waals surface area contributed by atoms with Crippen LogP contribution < -0.4 is 9.47 Å². The van der Waals surface area contributed by atoms with E-state index in [9.17, 15) is 0 Å². The first-order chi connectivity index (χ1) is 12.2. The van der Waals surface area contributed by atoms with Crippen molar-refractivity contribution in [3.8, 4) is 11.5 Å². The van der Waals surface area contributed by atoms with E-state index in [0.29, 0.717) is 5.82 Å². The lowest BCUT2D eigenvalue weighted by atomic mass is 9.98. The van der Waals surface area contributed by atoms with Gasteiger partial charge >= 0.3 is 0 Å². The number of fused-ring (bicyclic) bond motifs is 1. The summed E-state index contributed by atoms with van der Waals surface area (Å²) in [6.07, 6.45) is 7.00. The Morgan fingerprint density at radius 1 is 1.20 bits per heavy atom. The maximum atomic E-state index is 8.65. The quantitative estimate of drug-likeness (QED) is 0.473. The molecule has 0 amide bonds. The third-order valence-electron chi connectivity index (χ3n) is 4.59. The smallest absolute Gasteiger partial charge is 0.161 e. The third kappa shape index (κ3) is 3.93. The van der Waals surface area contributed by atoms with E-state index in [4.69, 9.17) is 14.7 Å². The fourth-order valence-electron chi connectivity index (χ4n) is 3.29. The van der Waals surface area contributed by atoms with Crippen LogP contribution in [-0.4, -0.2) is 53.2 Å². The summed E-state index contributed by atoms with van der Waals surface area (Å²) in [4.78, 5) is 6.60. The standard InChI is InChI=1S/C18H24N4O3/c1-24-16-10-14-4-8-21(13-15(14)11-17(16)25-2)6-3-7-22-9-5-19-18(22)12-20-23/h5,9-12,23H,3-4,6-8,13H2,1-2H3. The SMILES string of the molecule is COc1cc2c(cc1OC)CN(CCCn1ccnc1C=NO)CC2. The van der Waals surface area contributed by atoms with E-state index in [0.717, 1.165) is 50.5 Å². The minimum absolute atomic E-state index is 0.670. The molecule has 0 bridgehead atoms. The zero-order valence-electron chi connectivity index (χ0n) is 14.7. The van der Waals surface area contributed by atoms with Crippen molar-refractivity contribution in [3.05, 3.63) is 41.5 Å². The van der Waals surface area contributed by atoms with Gasteiger partial charge in [-0.05, 0) is 36.1 Å². The molecule has 25 heavy (non-hydrogen) atoms. The highest BCUT2D eigenvalue weighted by Crippen LogP contribution is 2.33. The summed E-state index contributed by atoms with van der Waals surface area (Å²) in [5.41, 5.74) is 2.64. The van der Waals surface area contributed by atoms with E-state index < -0.39 is 0 Å². The molecular weight excluding hydrogens is 320 g/mol. The highest BCUT2D eigenvalue weighted by atomic mass is 16.5. The molecule has 0 fully saturated rings. The normalized spacial score (nSPS) is 14.6. The first kappa shape index (κ1) is 17.3. The predicted molar refractivity (Wildman–Crippen MR) is 94.8 cm³/mol. The number of ether oxygens (including phenoxy) is 2. The van der Waals surface area contributed by atoms with Crippen molar-refractivity contribution in [2.45, 2.75) is 25.9 Å². The van der Waals surface area contributed by atoms with Crippen LogP contribution in [0.25, 0.3) is 0 Å². The summed E-state index contributed by atoms with van der Waals surface area (Å²) in [7, 11) is 3.34. The van der Waals surface area contributed by atoms with Crippen molar-refractivity contribution in [3.63, 3.8) is 0 Å². The zero-order chi connectivity index (χ0) is 17.6. The summed E-state index contributed by atoms with van der Waals surface area (Å²) in [5.74, 6) is 2.26.